The number of nitriles is 1. The van der Waals surface area contributed by atoms with Crippen molar-refractivity contribution in [3.8, 4) is 11.8 Å². The maximum absolute atomic E-state index is 9.10. The molecule has 0 saturated heterocycles. The lowest BCUT2D eigenvalue weighted by Crippen LogP contribution is -2.25. The SMILES string of the molecule is CC(C)Oc1ccc(CN(C)CC2(C#N)CC2)cc1. The maximum Gasteiger partial charge on any atom is 0.119 e. The van der Waals surface area contributed by atoms with Crippen molar-refractivity contribution in [2.75, 3.05) is 13.6 Å². The lowest BCUT2D eigenvalue weighted by Gasteiger charge is -2.19. The molecular formula is C16H22N2O. The molecule has 102 valence electrons. The van der Waals surface area contributed by atoms with Gasteiger partial charge in [0, 0.05) is 13.1 Å². The van der Waals surface area contributed by atoms with Gasteiger partial charge in [0.1, 0.15) is 5.75 Å². The summed E-state index contributed by atoms with van der Waals surface area (Å²) < 4.78 is 5.63. The van der Waals surface area contributed by atoms with E-state index in [0.29, 0.717) is 0 Å². The van der Waals surface area contributed by atoms with Gasteiger partial charge in [-0.15, -0.1) is 0 Å². The summed E-state index contributed by atoms with van der Waals surface area (Å²) in [6.45, 7) is 5.80. The Bertz CT molecular complexity index is 455. The zero-order chi connectivity index (χ0) is 13.9. The normalized spacial score (nSPS) is 16.4. The van der Waals surface area contributed by atoms with Crippen molar-refractivity contribution < 1.29 is 4.74 Å². The summed E-state index contributed by atoms with van der Waals surface area (Å²) in [6, 6.07) is 10.7. The second-order valence-corrected chi connectivity index (χ2v) is 5.87. The Labute approximate surface area is 115 Å². The van der Waals surface area contributed by atoms with Gasteiger partial charge in [0.2, 0.25) is 0 Å². The molecule has 0 aromatic heterocycles. The molecule has 1 saturated carbocycles. The van der Waals surface area contributed by atoms with Gasteiger partial charge in [0.25, 0.3) is 0 Å². The first-order valence-electron chi connectivity index (χ1n) is 6.88. The molecule has 0 amide bonds. The monoisotopic (exact) mass is 258 g/mol. The molecule has 1 fully saturated rings. The van der Waals surface area contributed by atoms with Crippen molar-refractivity contribution in [3.63, 3.8) is 0 Å². The molecule has 1 aromatic carbocycles. The zero-order valence-corrected chi connectivity index (χ0v) is 12.0. The first-order valence-corrected chi connectivity index (χ1v) is 6.88. The van der Waals surface area contributed by atoms with Gasteiger partial charge >= 0.3 is 0 Å². The van der Waals surface area contributed by atoms with Gasteiger partial charge in [-0.2, -0.15) is 5.26 Å². The van der Waals surface area contributed by atoms with Gasteiger partial charge in [-0.05, 0) is 51.4 Å². The molecular weight excluding hydrogens is 236 g/mol. The zero-order valence-electron chi connectivity index (χ0n) is 12.0. The molecule has 3 heteroatoms. The second-order valence-electron chi connectivity index (χ2n) is 5.87. The van der Waals surface area contributed by atoms with Crippen LogP contribution >= 0.6 is 0 Å². The number of benzene rings is 1. The van der Waals surface area contributed by atoms with Crippen LogP contribution in [0.2, 0.25) is 0 Å². The van der Waals surface area contributed by atoms with Crippen molar-refractivity contribution in [3.05, 3.63) is 29.8 Å². The van der Waals surface area contributed by atoms with Crippen LogP contribution in [0.25, 0.3) is 0 Å². The minimum absolute atomic E-state index is 0.0601. The highest BCUT2D eigenvalue weighted by atomic mass is 16.5. The highest BCUT2D eigenvalue weighted by Crippen LogP contribution is 2.45. The fourth-order valence-corrected chi connectivity index (χ4v) is 2.29. The first kappa shape index (κ1) is 13.9. The Morgan fingerprint density at radius 1 is 1.32 bits per heavy atom. The Morgan fingerprint density at radius 3 is 2.42 bits per heavy atom. The van der Waals surface area contributed by atoms with Gasteiger partial charge in [-0.1, -0.05) is 12.1 Å². The van der Waals surface area contributed by atoms with Crippen molar-refractivity contribution in [1.82, 2.24) is 4.90 Å². The van der Waals surface area contributed by atoms with Gasteiger partial charge < -0.3 is 9.64 Å². The van der Waals surface area contributed by atoms with Gasteiger partial charge in [0.05, 0.1) is 17.6 Å². The molecule has 0 bridgehead atoms. The molecule has 1 aliphatic carbocycles. The molecule has 0 heterocycles. The minimum Gasteiger partial charge on any atom is -0.491 e. The Hall–Kier alpha value is -1.53. The molecule has 0 aliphatic heterocycles. The van der Waals surface area contributed by atoms with Gasteiger partial charge in [-0.25, -0.2) is 0 Å². The van der Waals surface area contributed by atoms with Gasteiger partial charge in [0.15, 0.2) is 0 Å². The highest BCUT2D eigenvalue weighted by Gasteiger charge is 2.43. The molecule has 2 rings (SSSR count). The molecule has 0 N–H and O–H groups in total. The molecule has 1 aromatic rings. The van der Waals surface area contributed by atoms with Crippen LogP contribution in [-0.4, -0.2) is 24.6 Å². The summed E-state index contributed by atoms with van der Waals surface area (Å²) >= 11 is 0. The Morgan fingerprint density at radius 2 is 1.95 bits per heavy atom. The van der Waals surface area contributed by atoms with E-state index < -0.39 is 0 Å². The molecule has 0 radical (unpaired) electrons. The van der Waals surface area contributed by atoms with E-state index in [0.717, 1.165) is 31.7 Å². The Kier molecular flexibility index (Phi) is 4.11. The fourth-order valence-electron chi connectivity index (χ4n) is 2.29. The number of hydrogen-bond donors (Lipinski definition) is 0. The van der Waals surface area contributed by atoms with Crippen LogP contribution in [-0.2, 0) is 6.54 Å². The lowest BCUT2D eigenvalue weighted by molar-refractivity contribution is 0.242. The van der Waals surface area contributed by atoms with E-state index in [-0.39, 0.29) is 11.5 Å². The molecule has 0 spiro atoms. The number of ether oxygens (including phenoxy) is 1. The first-order chi connectivity index (χ1) is 9.03. The third-order valence-electron chi connectivity index (χ3n) is 3.41. The molecule has 0 unspecified atom stereocenters. The van der Waals surface area contributed by atoms with Crippen LogP contribution in [0.5, 0.6) is 5.75 Å². The molecule has 3 nitrogen and oxygen atoms in total. The smallest absolute Gasteiger partial charge is 0.119 e. The molecule has 19 heavy (non-hydrogen) atoms. The van der Waals surface area contributed by atoms with Crippen molar-refractivity contribution in [2.24, 2.45) is 5.41 Å². The molecule has 0 atom stereocenters. The van der Waals surface area contributed by atoms with E-state index >= 15 is 0 Å². The summed E-state index contributed by atoms with van der Waals surface area (Å²) in [4.78, 5) is 2.23. The predicted molar refractivity (Wildman–Crippen MR) is 75.8 cm³/mol. The average Bonchev–Trinajstić information content (AvgIpc) is 3.11. The van der Waals surface area contributed by atoms with Crippen LogP contribution in [0, 0.1) is 16.7 Å². The topological polar surface area (TPSA) is 36.3 Å². The summed E-state index contributed by atoms with van der Waals surface area (Å²) in [6.07, 6.45) is 2.31. The fraction of sp³-hybridized carbons (Fsp3) is 0.562. The minimum atomic E-state index is -0.0601. The number of nitrogens with zero attached hydrogens (tertiary/aromatic N) is 2. The van der Waals surface area contributed by atoms with E-state index in [4.69, 9.17) is 10.00 Å². The van der Waals surface area contributed by atoms with Crippen LogP contribution in [0.15, 0.2) is 24.3 Å². The predicted octanol–water partition coefficient (Wildman–Crippen LogP) is 3.21. The highest BCUT2D eigenvalue weighted by molar-refractivity contribution is 5.27. The van der Waals surface area contributed by atoms with E-state index in [1.54, 1.807) is 0 Å². The average molecular weight is 258 g/mol. The Balaban J connectivity index is 1.87. The molecule has 1 aliphatic rings. The van der Waals surface area contributed by atoms with E-state index in [1.807, 2.05) is 26.0 Å². The number of hydrogen-bond acceptors (Lipinski definition) is 3. The summed E-state index contributed by atoms with van der Waals surface area (Å²) in [7, 11) is 2.08. The van der Waals surface area contributed by atoms with Crippen LogP contribution in [0.3, 0.4) is 0 Å². The maximum atomic E-state index is 9.10. The standard InChI is InChI=1S/C16H22N2O/c1-13(2)19-15-6-4-14(5-7-15)10-18(3)12-16(11-17)8-9-16/h4-7,13H,8-10,12H2,1-3H3. The third-order valence-corrected chi connectivity index (χ3v) is 3.41. The lowest BCUT2D eigenvalue weighted by atomic mass is 10.1. The largest absolute Gasteiger partial charge is 0.491 e. The van der Waals surface area contributed by atoms with E-state index in [2.05, 4.69) is 30.1 Å². The van der Waals surface area contributed by atoms with Crippen molar-refractivity contribution in [1.29, 1.82) is 5.26 Å². The summed E-state index contributed by atoms with van der Waals surface area (Å²) in [5.41, 5.74) is 1.20. The van der Waals surface area contributed by atoms with E-state index in [1.165, 1.54) is 5.56 Å². The van der Waals surface area contributed by atoms with Gasteiger partial charge in [-0.3, -0.25) is 0 Å². The quantitative estimate of drug-likeness (QED) is 0.786. The summed E-state index contributed by atoms with van der Waals surface area (Å²) in [5, 5.41) is 9.10. The third kappa shape index (κ3) is 3.97. The van der Waals surface area contributed by atoms with Crippen molar-refractivity contribution >= 4 is 0 Å². The van der Waals surface area contributed by atoms with Crippen LogP contribution in [0.4, 0.5) is 0 Å². The van der Waals surface area contributed by atoms with Crippen molar-refractivity contribution in [2.45, 2.75) is 39.3 Å². The van der Waals surface area contributed by atoms with E-state index in [9.17, 15) is 0 Å². The second kappa shape index (κ2) is 5.63. The summed E-state index contributed by atoms with van der Waals surface area (Å²) in [5.74, 6) is 0.914. The van der Waals surface area contributed by atoms with Crippen LogP contribution < -0.4 is 4.74 Å². The van der Waals surface area contributed by atoms with Crippen LogP contribution in [0.1, 0.15) is 32.3 Å². The number of rotatable bonds is 6.